The molecule has 5 heteroatoms. The first-order chi connectivity index (χ1) is 11.8. The molecule has 2 saturated heterocycles. The smallest absolute Gasteiger partial charge is 0.158 e. The summed E-state index contributed by atoms with van der Waals surface area (Å²) in [5.41, 5.74) is 0. The maximum absolute atomic E-state index is 10.7. The van der Waals surface area contributed by atoms with Gasteiger partial charge in [-0.25, -0.2) is 0 Å². The molecular weight excluding hydrogens is 306 g/mol. The standard InChI is InChI=1S/C19H33NO4/c1-22-12-7-8-15-16(21)14-17(24-18-9-3-6-13-23-18)19(15)20-10-4-2-5-11-20/h7,12,15-19,21H,2-6,8-11,13-14H2,1H3. The van der Waals surface area contributed by atoms with Crippen molar-refractivity contribution in [3.63, 3.8) is 0 Å². The van der Waals surface area contributed by atoms with E-state index in [9.17, 15) is 5.11 Å². The van der Waals surface area contributed by atoms with Crippen molar-refractivity contribution in [2.24, 2.45) is 5.92 Å². The molecule has 3 fully saturated rings. The first-order valence-electron chi connectivity index (χ1n) is 9.66. The van der Waals surface area contributed by atoms with Gasteiger partial charge in [0.1, 0.15) is 0 Å². The fourth-order valence-electron chi connectivity index (χ4n) is 4.53. The van der Waals surface area contributed by atoms with Crippen molar-refractivity contribution >= 4 is 0 Å². The van der Waals surface area contributed by atoms with Crippen molar-refractivity contribution < 1.29 is 19.3 Å². The van der Waals surface area contributed by atoms with Crippen molar-refractivity contribution in [2.75, 3.05) is 26.8 Å². The second kappa shape index (κ2) is 9.18. The zero-order valence-electron chi connectivity index (χ0n) is 14.9. The lowest BCUT2D eigenvalue weighted by molar-refractivity contribution is -0.198. The van der Waals surface area contributed by atoms with Crippen molar-refractivity contribution in [3.8, 4) is 0 Å². The SMILES string of the molecule is COC=CCC1C(O)CC(OC2CCCCO2)C1N1CCCCC1. The van der Waals surface area contributed by atoms with Gasteiger partial charge in [0.15, 0.2) is 6.29 Å². The Balaban J connectivity index is 1.68. The van der Waals surface area contributed by atoms with Crippen LogP contribution in [0.4, 0.5) is 0 Å². The van der Waals surface area contributed by atoms with Gasteiger partial charge in [-0.2, -0.15) is 0 Å². The number of rotatable bonds is 6. The summed E-state index contributed by atoms with van der Waals surface area (Å²) in [6.45, 7) is 3.04. The summed E-state index contributed by atoms with van der Waals surface area (Å²) < 4.78 is 17.2. The van der Waals surface area contributed by atoms with Gasteiger partial charge in [-0.3, -0.25) is 4.90 Å². The van der Waals surface area contributed by atoms with Gasteiger partial charge in [-0.1, -0.05) is 6.42 Å². The van der Waals surface area contributed by atoms with Gasteiger partial charge in [0.25, 0.3) is 0 Å². The van der Waals surface area contributed by atoms with Gasteiger partial charge in [0.05, 0.1) is 25.6 Å². The molecule has 0 spiro atoms. The lowest BCUT2D eigenvalue weighted by atomic mass is 9.94. The number of nitrogens with zero attached hydrogens (tertiary/aromatic N) is 1. The molecule has 0 radical (unpaired) electrons. The van der Waals surface area contributed by atoms with Crippen LogP contribution in [0.25, 0.3) is 0 Å². The van der Waals surface area contributed by atoms with E-state index in [0.717, 1.165) is 39.0 Å². The monoisotopic (exact) mass is 339 g/mol. The molecule has 0 bridgehead atoms. The number of aliphatic hydroxyl groups excluding tert-OH is 1. The Morgan fingerprint density at radius 1 is 1.17 bits per heavy atom. The highest BCUT2D eigenvalue weighted by Crippen LogP contribution is 2.37. The van der Waals surface area contributed by atoms with Crippen LogP contribution in [-0.4, -0.2) is 61.4 Å². The second-order valence-electron chi connectivity index (χ2n) is 7.37. The zero-order valence-corrected chi connectivity index (χ0v) is 14.9. The lowest BCUT2D eigenvalue weighted by Gasteiger charge is -2.39. The largest absolute Gasteiger partial charge is 0.505 e. The van der Waals surface area contributed by atoms with Crippen LogP contribution in [0.15, 0.2) is 12.3 Å². The van der Waals surface area contributed by atoms with E-state index in [0.29, 0.717) is 6.42 Å². The summed E-state index contributed by atoms with van der Waals surface area (Å²) in [6.07, 6.45) is 12.1. The second-order valence-corrected chi connectivity index (χ2v) is 7.37. The molecule has 1 saturated carbocycles. The molecule has 3 aliphatic rings. The molecule has 5 unspecified atom stereocenters. The summed E-state index contributed by atoms with van der Waals surface area (Å²) in [4.78, 5) is 2.55. The first-order valence-corrected chi connectivity index (χ1v) is 9.66. The highest BCUT2D eigenvalue weighted by molar-refractivity contribution is 5.01. The molecule has 0 aromatic rings. The number of methoxy groups -OCH3 is 1. The van der Waals surface area contributed by atoms with Gasteiger partial charge in [-0.15, -0.1) is 0 Å². The third kappa shape index (κ3) is 4.51. The number of aliphatic hydroxyl groups is 1. The lowest BCUT2D eigenvalue weighted by Crippen LogP contribution is -2.49. The quantitative estimate of drug-likeness (QED) is 0.754. The van der Waals surface area contributed by atoms with Crippen LogP contribution in [0.5, 0.6) is 0 Å². The predicted molar refractivity (Wildman–Crippen MR) is 92.6 cm³/mol. The summed E-state index contributed by atoms with van der Waals surface area (Å²) in [5, 5.41) is 10.7. The van der Waals surface area contributed by atoms with E-state index < -0.39 is 0 Å². The number of hydrogen-bond donors (Lipinski definition) is 1. The average molecular weight is 339 g/mol. The number of allylic oxidation sites excluding steroid dienone is 1. The highest BCUT2D eigenvalue weighted by atomic mass is 16.7. The topological polar surface area (TPSA) is 51.2 Å². The molecule has 2 heterocycles. The summed E-state index contributed by atoms with van der Waals surface area (Å²) in [6, 6.07) is 0.285. The van der Waals surface area contributed by atoms with Gasteiger partial charge >= 0.3 is 0 Å². The Hall–Kier alpha value is -0.620. The molecule has 0 aromatic heterocycles. The van der Waals surface area contributed by atoms with E-state index in [1.54, 1.807) is 13.4 Å². The van der Waals surface area contributed by atoms with Gasteiger partial charge < -0.3 is 19.3 Å². The van der Waals surface area contributed by atoms with E-state index in [1.807, 2.05) is 6.08 Å². The molecule has 0 aromatic carbocycles. The molecular formula is C19H33NO4. The summed E-state index contributed by atoms with van der Waals surface area (Å²) >= 11 is 0. The average Bonchev–Trinajstić information content (AvgIpc) is 2.92. The van der Waals surface area contributed by atoms with Crippen molar-refractivity contribution in [1.29, 1.82) is 0 Å². The molecule has 24 heavy (non-hydrogen) atoms. The maximum atomic E-state index is 10.7. The Labute approximate surface area is 145 Å². The first kappa shape index (κ1) is 18.2. The van der Waals surface area contributed by atoms with Gasteiger partial charge in [0.2, 0.25) is 0 Å². The van der Waals surface area contributed by atoms with Crippen LogP contribution in [0.3, 0.4) is 0 Å². The van der Waals surface area contributed by atoms with Crippen LogP contribution in [-0.2, 0) is 14.2 Å². The maximum Gasteiger partial charge on any atom is 0.158 e. The van der Waals surface area contributed by atoms with Crippen molar-refractivity contribution in [2.45, 2.75) is 75.9 Å². The van der Waals surface area contributed by atoms with Crippen LogP contribution in [0, 0.1) is 5.92 Å². The normalized spacial score (nSPS) is 38.7. The fourth-order valence-corrected chi connectivity index (χ4v) is 4.53. The van der Waals surface area contributed by atoms with Crippen molar-refractivity contribution in [1.82, 2.24) is 4.90 Å². The minimum atomic E-state index is -0.313. The third-order valence-electron chi connectivity index (χ3n) is 5.70. The predicted octanol–water partition coefficient (Wildman–Crippen LogP) is 2.68. The number of piperidine rings is 1. The number of ether oxygens (including phenoxy) is 3. The van der Waals surface area contributed by atoms with E-state index >= 15 is 0 Å². The van der Waals surface area contributed by atoms with E-state index in [2.05, 4.69) is 4.90 Å². The Bertz CT molecular complexity index is 391. The Morgan fingerprint density at radius 3 is 2.71 bits per heavy atom. The molecule has 1 aliphatic carbocycles. The molecule has 2 aliphatic heterocycles. The van der Waals surface area contributed by atoms with E-state index in [1.165, 1.54) is 25.7 Å². The highest BCUT2D eigenvalue weighted by Gasteiger charge is 2.46. The fraction of sp³-hybridized carbons (Fsp3) is 0.895. The third-order valence-corrected chi connectivity index (χ3v) is 5.70. The van der Waals surface area contributed by atoms with E-state index in [-0.39, 0.29) is 30.5 Å². The number of hydrogen-bond acceptors (Lipinski definition) is 5. The molecule has 1 N–H and O–H groups in total. The minimum absolute atomic E-state index is 0.0714. The van der Waals surface area contributed by atoms with E-state index in [4.69, 9.17) is 14.2 Å². The van der Waals surface area contributed by atoms with Gasteiger partial charge in [0, 0.05) is 25.0 Å². The van der Waals surface area contributed by atoms with Crippen LogP contribution >= 0.6 is 0 Å². The van der Waals surface area contributed by atoms with Crippen molar-refractivity contribution in [3.05, 3.63) is 12.3 Å². The molecule has 0 amide bonds. The van der Waals surface area contributed by atoms with Crippen LogP contribution in [0.1, 0.15) is 51.4 Å². The molecule has 5 atom stereocenters. The van der Waals surface area contributed by atoms with Crippen LogP contribution < -0.4 is 0 Å². The molecule has 138 valence electrons. The Morgan fingerprint density at radius 2 is 2.00 bits per heavy atom. The summed E-state index contributed by atoms with van der Waals surface area (Å²) in [5.74, 6) is 0.211. The molecule has 5 nitrogen and oxygen atoms in total. The van der Waals surface area contributed by atoms with Crippen LogP contribution in [0.2, 0.25) is 0 Å². The van der Waals surface area contributed by atoms with Gasteiger partial charge in [-0.05, 0) is 57.7 Å². The Kier molecular flexibility index (Phi) is 6.95. The minimum Gasteiger partial charge on any atom is -0.505 e. The molecule has 3 rings (SSSR count). The summed E-state index contributed by atoms with van der Waals surface area (Å²) in [7, 11) is 1.66. The zero-order chi connectivity index (χ0) is 16.8. The number of likely N-dealkylation sites (tertiary alicyclic amines) is 1.